The van der Waals surface area contributed by atoms with Crippen LogP contribution < -0.4 is 9.47 Å². The van der Waals surface area contributed by atoms with E-state index in [4.69, 9.17) is 18.9 Å². The highest BCUT2D eigenvalue weighted by Crippen LogP contribution is 2.31. The van der Waals surface area contributed by atoms with Crippen LogP contribution in [-0.2, 0) is 20.8 Å². The fourth-order valence-electron chi connectivity index (χ4n) is 4.04. The molecule has 182 valence electrons. The van der Waals surface area contributed by atoms with Crippen molar-refractivity contribution in [1.82, 2.24) is 4.57 Å². The van der Waals surface area contributed by atoms with E-state index in [9.17, 15) is 9.59 Å². The van der Waals surface area contributed by atoms with Gasteiger partial charge in [-0.05, 0) is 56.2 Å². The highest BCUT2D eigenvalue weighted by atomic mass is 16.5. The van der Waals surface area contributed by atoms with E-state index in [1.54, 1.807) is 25.1 Å². The molecule has 3 aromatic carbocycles. The molecule has 0 spiro atoms. The van der Waals surface area contributed by atoms with Crippen molar-refractivity contribution in [2.45, 2.75) is 26.3 Å². The third-order valence-electron chi connectivity index (χ3n) is 5.67. The number of rotatable bonds is 11. The van der Waals surface area contributed by atoms with Gasteiger partial charge < -0.3 is 23.5 Å². The Balaban J connectivity index is 1.35. The minimum Gasteiger partial charge on any atom is -0.494 e. The molecule has 0 unspecified atom stereocenters. The van der Waals surface area contributed by atoms with Crippen molar-refractivity contribution in [3.63, 3.8) is 0 Å². The summed E-state index contributed by atoms with van der Waals surface area (Å²) in [4.78, 5) is 23.8. The summed E-state index contributed by atoms with van der Waals surface area (Å²) in [5, 5.41) is 2.16. The molecule has 4 rings (SSSR count). The molecular weight excluding hydrogens is 446 g/mol. The molecule has 0 amide bonds. The Kier molecular flexibility index (Phi) is 7.88. The van der Waals surface area contributed by atoms with Crippen molar-refractivity contribution >= 4 is 33.7 Å². The second-order valence-corrected chi connectivity index (χ2v) is 8.01. The lowest BCUT2D eigenvalue weighted by Crippen LogP contribution is -2.13. The molecule has 0 aliphatic heterocycles. The van der Waals surface area contributed by atoms with Crippen LogP contribution in [0.25, 0.3) is 21.8 Å². The average molecular weight is 476 g/mol. The van der Waals surface area contributed by atoms with E-state index in [0.29, 0.717) is 31.1 Å². The average Bonchev–Trinajstić information content (AvgIpc) is 3.18. The van der Waals surface area contributed by atoms with E-state index in [2.05, 4.69) is 6.07 Å². The van der Waals surface area contributed by atoms with Gasteiger partial charge in [0.2, 0.25) is 0 Å². The number of carbonyl (C=O) groups is 2. The largest absolute Gasteiger partial charge is 0.494 e. The molecule has 7 heteroatoms. The second-order valence-electron chi connectivity index (χ2n) is 8.01. The van der Waals surface area contributed by atoms with Gasteiger partial charge in [-0.2, -0.15) is 0 Å². The first-order valence-electron chi connectivity index (χ1n) is 11.7. The molecule has 1 heterocycles. The van der Waals surface area contributed by atoms with Crippen LogP contribution in [0, 0.1) is 0 Å². The summed E-state index contributed by atoms with van der Waals surface area (Å²) < 4.78 is 23.6. The summed E-state index contributed by atoms with van der Waals surface area (Å²) in [5.41, 5.74) is 2.38. The van der Waals surface area contributed by atoms with Gasteiger partial charge in [0.1, 0.15) is 18.0 Å². The van der Waals surface area contributed by atoms with Crippen molar-refractivity contribution in [2.75, 3.05) is 26.9 Å². The lowest BCUT2D eigenvalue weighted by atomic mass is 10.1. The quantitative estimate of drug-likeness (QED) is 0.214. The van der Waals surface area contributed by atoms with Crippen LogP contribution in [0.5, 0.6) is 11.5 Å². The SMILES string of the molecule is CCOC(=O)Cn1c2ccccc2c2ccc(OCCCCOc3cccc(C(=O)OC)c3)cc21. The predicted octanol–water partition coefficient (Wildman–Crippen LogP) is 5.38. The van der Waals surface area contributed by atoms with Crippen molar-refractivity contribution in [1.29, 1.82) is 0 Å². The maximum atomic E-state index is 12.2. The van der Waals surface area contributed by atoms with E-state index in [1.807, 2.05) is 47.0 Å². The van der Waals surface area contributed by atoms with Crippen LogP contribution in [0.2, 0.25) is 0 Å². The molecule has 0 saturated heterocycles. The Bertz CT molecular complexity index is 1330. The third kappa shape index (κ3) is 5.74. The normalized spacial score (nSPS) is 10.9. The molecule has 0 N–H and O–H groups in total. The molecule has 0 bridgehead atoms. The van der Waals surface area contributed by atoms with Crippen LogP contribution >= 0.6 is 0 Å². The maximum Gasteiger partial charge on any atom is 0.337 e. The molecule has 0 fully saturated rings. The zero-order valence-electron chi connectivity index (χ0n) is 20.0. The number of fused-ring (bicyclic) bond motifs is 3. The Labute approximate surface area is 204 Å². The number of esters is 2. The smallest absolute Gasteiger partial charge is 0.337 e. The molecule has 0 aliphatic rings. The predicted molar refractivity (Wildman–Crippen MR) is 134 cm³/mol. The first-order chi connectivity index (χ1) is 17.1. The number of unbranched alkanes of at least 4 members (excludes halogenated alkanes) is 1. The fourth-order valence-corrected chi connectivity index (χ4v) is 4.04. The summed E-state index contributed by atoms with van der Waals surface area (Å²) >= 11 is 0. The number of para-hydroxylation sites is 1. The minimum absolute atomic E-state index is 0.149. The summed E-state index contributed by atoms with van der Waals surface area (Å²) in [5.74, 6) is 0.728. The van der Waals surface area contributed by atoms with E-state index in [0.717, 1.165) is 40.4 Å². The number of carbonyl (C=O) groups excluding carboxylic acids is 2. The van der Waals surface area contributed by atoms with Crippen molar-refractivity contribution in [2.24, 2.45) is 0 Å². The third-order valence-corrected chi connectivity index (χ3v) is 5.67. The molecule has 0 aliphatic carbocycles. The molecule has 1 aromatic heterocycles. The molecule has 0 radical (unpaired) electrons. The Hall–Kier alpha value is -4.00. The van der Waals surface area contributed by atoms with Gasteiger partial charge >= 0.3 is 11.9 Å². The zero-order valence-corrected chi connectivity index (χ0v) is 20.0. The van der Waals surface area contributed by atoms with Crippen molar-refractivity contribution in [3.8, 4) is 11.5 Å². The van der Waals surface area contributed by atoms with Gasteiger partial charge in [-0.15, -0.1) is 0 Å². The van der Waals surface area contributed by atoms with Crippen LogP contribution in [0.3, 0.4) is 0 Å². The Morgan fingerprint density at radius 1 is 0.800 bits per heavy atom. The van der Waals surface area contributed by atoms with Gasteiger partial charge in [0.25, 0.3) is 0 Å². The number of aromatic nitrogens is 1. The fraction of sp³-hybridized carbons (Fsp3) is 0.286. The number of ether oxygens (including phenoxy) is 4. The number of nitrogens with zero attached hydrogens (tertiary/aromatic N) is 1. The number of benzene rings is 3. The van der Waals surface area contributed by atoms with Gasteiger partial charge in [0.05, 0.1) is 38.0 Å². The van der Waals surface area contributed by atoms with E-state index in [1.165, 1.54) is 7.11 Å². The van der Waals surface area contributed by atoms with Crippen molar-refractivity contribution < 1.29 is 28.5 Å². The lowest BCUT2D eigenvalue weighted by Gasteiger charge is -2.10. The molecule has 4 aromatic rings. The van der Waals surface area contributed by atoms with Crippen molar-refractivity contribution in [3.05, 3.63) is 72.3 Å². The number of hydrogen-bond acceptors (Lipinski definition) is 6. The minimum atomic E-state index is -0.387. The molecule has 7 nitrogen and oxygen atoms in total. The second kappa shape index (κ2) is 11.4. The molecular formula is C28H29NO6. The zero-order chi connectivity index (χ0) is 24.6. The van der Waals surface area contributed by atoms with Gasteiger partial charge in [0, 0.05) is 22.4 Å². The molecule has 0 saturated carbocycles. The van der Waals surface area contributed by atoms with Crippen LogP contribution in [0.1, 0.15) is 30.1 Å². The first-order valence-corrected chi connectivity index (χ1v) is 11.7. The Morgan fingerprint density at radius 2 is 1.51 bits per heavy atom. The number of methoxy groups -OCH3 is 1. The van der Waals surface area contributed by atoms with Gasteiger partial charge in [-0.25, -0.2) is 4.79 Å². The maximum absolute atomic E-state index is 12.2. The van der Waals surface area contributed by atoms with Crippen LogP contribution in [0.4, 0.5) is 0 Å². The Morgan fingerprint density at radius 3 is 2.26 bits per heavy atom. The van der Waals surface area contributed by atoms with Crippen LogP contribution in [0.15, 0.2) is 66.7 Å². The van der Waals surface area contributed by atoms with E-state index in [-0.39, 0.29) is 18.5 Å². The molecule has 0 atom stereocenters. The monoisotopic (exact) mass is 475 g/mol. The molecule has 35 heavy (non-hydrogen) atoms. The van der Waals surface area contributed by atoms with E-state index < -0.39 is 0 Å². The summed E-state index contributed by atoms with van der Waals surface area (Å²) in [6, 6.07) is 20.9. The van der Waals surface area contributed by atoms with Crippen LogP contribution in [-0.4, -0.2) is 43.4 Å². The van der Waals surface area contributed by atoms with Gasteiger partial charge in [0.15, 0.2) is 0 Å². The highest BCUT2D eigenvalue weighted by molar-refractivity contribution is 6.08. The topological polar surface area (TPSA) is 76.0 Å². The standard InChI is InChI=1S/C28H29NO6/c1-3-33-27(30)19-29-25-12-5-4-11-23(25)24-14-13-22(18-26(24)29)35-16-7-6-15-34-21-10-8-9-20(17-21)28(31)32-2/h4-5,8-14,17-18H,3,6-7,15-16,19H2,1-2H3. The lowest BCUT2D eigenvalue weighted by molar-refractivity contribution is -0.143. The highest BCUT2D eigenvalue weighted by Gasteiger charge is 2.14. The summed E-state index contributed by atoms with van der Waals surface area (Å²) in [6.45, 7) is 3.36. The van der Waals surface area contributed by atoms with Gasteiger partial charge in [-0.1, -0.05) is 24.3 Å². The first kappa shape index (κ1) is 24.1. The summed E-state index contributed by atoms with van der Waals surface area (Å²) in [6.07, 6.45) is 1.61. The van der Waals surface area contributed by atoms with E-state index >= 15 is 0 Å². The van der Waals surface area contributed by atoms with Gasteiger partial charge in [-0.3, -0.25) is 4.79 Å². The number of hydrogen-bond donors (Lipinski definition) is 0. The summed E-state index contributed by atoms with van der Waals surface area (Å²) in [7, 11) is 1.35.